The summed E-state index contributed by atoms with van der Waals surface area (Å²) in [7, 11) is 2.82. The van der Waals surface area contributed by atoms with Crippen LogP contribution in [0.15, 0.2) is 10.5 Å². The number of rotatable bonds is 5. The van der Waals surface area contributed by atoms with E-state index in [1.165, 1.54) is 20.3 Å². The zero-order valence-corrected chi connectivity index (χ0v) is 11.5. The Kier molecular flexibility index (Phi) is 4.93. The number of halogens is 2. The van der Waals surface area contributed by atoms with Gasteiger partial charge in [0.05, 0.1) is 14.2 Å². The molecule has 17 heavy (non-hydrogen) atoms. The van der Waals surface area contributed by atoms with E-state index in [0.29, 0.717) is 16.6 Å². The van der Waals surface area contributed by atoms with Crippen LogP contribution in [0.25, 0.3) is 0 Å². The van der Waals surface area contributed by atoms with Gasteiger partial charge in [0.25, 0.3) is 0 Å². The van der Waals surface area contributed by atoms with Crippen LogP contribution in [0, 0.1) is 5.82 Å². The van der Waals surface area contributed by atoms with Gasteiger partial charge in [0, 0.05) is 16.5 Å². The summed E-state index contributed by atoms with van der Waals surface area (Å²) in [5, 5.41) is 0. The molecule has 1 unspecified atom stereocenters. The molecule has 1 aromatic rings. The Morgan fingerprint density at radius 1 is 1.41 bits per heavy atom. The molecule has 0 amide bonds. The monoisotopic (exact) mass is 304 g/mol. The number of hydrogen-bond acceptors (Lipinski definition) is 3. The number of methoxy groups -OCH3 is 2. The zero-order valence-electron chi connectivity index (χ0n) is 9.92. The molecule has 0 bridgehead atoms. The van der Waals surface area contributed by atoms with Crippen LogP contribution in [0.3, 0.4) is 0 Å². The maximum Gasteiger partial charge on any atom is 0.197 e. The van der Waals surface area contributed by atoms with Crippen molar-refractivity contribution < 1.29 is 18.7 Å². The van der Waals surface area contributed by atoms with Crippen molar-refractivity contribution in [3.05, 3.63) is 21.9 Å². The van der Waals surface area contributed by atoms with Crippen LogP contribution < -0.4 is 9.47 Å². The largest absolute Gasteiger partial charge is 0.492 e. The van der Waals surface area contributed by atoms with Gasteiger partial charge in [0.1, 0.15) is 6.29 Å². The van der Waals surface area contributed by atoms with Crippen molar-refractivity contribution in [2.45, 2.75) is 19.3 Å². The van der Waals surface area contributed by atoms with Gasteiger partial charge in [-0.3, -0.25) is 0 Å². The fourth-order valence-corrected chi connectivity index (χ4v) is 2.48. The second kappa shape index (κ2) is 6.00. The first-order valence-corrected chi connectivity index (χ1v) is 5.89. The first-order valence-electron chi connectivity index (χ1n) is 5.10. The fourth-order valence-electron chi connectivity index (χ4n) is 1.71. The van der Waals surface area contributed by atoms with E-state index in [4.69, 9.17) is 9.47 Å². The van der Waals surface area contributed by atoms with Gasteiger partial charge in [-0.1, -0.05) is 22.9 Å². The number of benzene rings is 1. The summed E-state index contributed by atoms with van der Waals surface area (Å²) in [5.41, 5.74) is 0.734. The first-order chi connectivity index (χ1) is 8.06. The minimum absolute atomic E-state index is 0.0587. The molecule has 0 fully saturated rings. The van der Waals surface area contributed by atoms with Crippen LogP contribution in [0.2, 0.25) is 0 Å². The average Bonchev–Trinajstić information content (AvgIpc) is 2.28. The highest BCUT2D eigenvalue weighted by Gasteiger charge is 2.22. The van der Waals surface area contributed by atoms with Crippen molar-refractivity contribution in [1.29, 1.82) is 0 Å². The van der Waals surface area contributed by atoms with Crippen molar-refractivity contribution in [2.75, 3.05) is 14.2 Å². The third-order valence-corrected chi connectivity index (χ3v) is 3.19. The highest BCUT2D eigenvalue weighted by molar-refractivity contribution is 9.10. The molecule has 3 nitrogen and oxygen atoms in total. The van der Waals surface area contributed by atoms with Crippen LogP contribution in [-0.2, 0) is 4.79 Å². The Morgan fingerprint density at radius 3 is 2.47 bits per heavy atom. The van der Waals surface area contributed by atoms with Crippen molar-refractivity contribution >= 4 is 22.2 Å². The first kappa shape index (κ1) is 14.0. The van der Waals surface area contributed by atoms with E-state index in [1.54, 1.807) is 0 Å². The van der Waals surface area contributed by atoms with Crippen molar-refractivity contribution in [3.63, 3.8) is 0 Å². The van der Waals surface area contributed by atoms with Crippen LogP contribution in [0.1, 0.15) is 24.8 Å². The molecular weight excluding hydrogens is 291 g/mol. The molecule has 0 radical (unpaired) electrons. The fraction of sp³-hybridized carbons (Fsp3) is 0.417. The van der Waals surface area contributed by atoms with Crippen LogP contribution >= 0.6 is 15.9 Å². The summed E-state index contributed by atoms with van der Waals surface area (Å²) >= 11 is 3.28. The molecule has 5 heteroatoms. The van der Waals surface area contributed by atoms with E-state index >= 15 is 0 Å². The maximum atomic E-state index is 13.6. The molecule has 0 aliphatic carbocycles. The number of hydrogen-bond donors (Lipinski definition) is 0. The second-order valence-electron chi connectivity index (χ2n) is 3.62. The van der Waals surface area contributed by atoms with E-state index in [1.807, 2.05) is 6.92 Å². The number of carbonyl (C=O) groups excluding carboxylic acids is 1. The zero-order chi connectivity index (χ0) is 13.0. The van der Waals surface area contributed by atoms with Crippen molar-refractivity contribution in [1.82, 2.24) is 0 Å². The SMILES string of the molecule is COc1c(F)cc(Br)c(C(C)CC=O)c1OC. The number of carbonyl (C=O) groups is 1. The minimum Gasteiger partial charge on any atom is -0.492 e. The lowest BCUT2D eigenvalue weighted by atomic mass is 9.97. The topological polar surface area (TPSA) is 35.5 Å². The Hall–Kier alpha value is -1.10. The Bertz CT molecular complexity index is 421. The van der Waals surface area contributed by atoms with Crippen LogP contribution in [0.4, 0.5) is 4.39 Å². The summed E-state index contributed by atoms with van der Waals surface area (Å²) in [6.45, 7) is 1.87. The van der Waals surface area contributed by atoms with Gasteiger partial charge in [0.2, 0.25) is 0 Å². The summed E-state index contributed by atoms with van der Waals surface area (Å²) in [6.07, 6.45) is 1.16. The smallest absolute Gasteiger partial charge is 0.197 e. The second-order valence-corrected chi connectivity index (χ2v) is 4.48. The molecule has 0 aliphatic rings. The van der Waals surface area contributed by atoms with Gasteiger partial charge in [-0.2, -0.15) is 0 Å². The lowest BCUT2D eigenvalue weighted by molar-refractivity contribution is -0.108. The summed E-state index contributed by atoms with van der Waals surface area (Å²) < 4.78 is 24.4. The van der Waals surface area contributed by atoms with Crippen molar-refractivity contribution in [2.24, 2.45) is 0 Å². The Morgan fingerprint density at radius 2 is 2.00 bits per heavy atom. The third-order valence-electron chi connectivity index (χ3n) is 2.53. The van der Waals surface area contributed by atoms with E-state index in [9.17, 15) is 9.18 Å². The lowest BCUT2D eigenvalue weighted by Crippen LogP contribution is -2.03. The maximum absolute atomic E-state index is 13.6. The van der Waals surface area contributed by atoms with Crippen LogP contribution in [-0.4, -0.2) is 20.5 Å². The molecule has 0 aliphatic heterocycles. The highest BCUT2D eigenvalue weighted by atomic mass is 79.9. The predicted molar refractivity (Wildman–Crippen MR) is 66.3 cm³/mol. The Labute approximate surface area is 108 Å². The van der Waals surface area contributed by atoms with E-state index in [0.717, 1.165) is 11.8 Å². The average molecular weight is 305 g/mol. The van der Waals surface area contributed by atoms with Gasteiger partial charge in [0.15, 0.2) is 17.3 Å². The van der Waals surface area contributed by atoms with Gasteiger partial charge >= 0.3 is 0 Å². The van der Waals surface area contributed by atoms with E-state index < -0.39 is 5.82 Å². The third kappa shape index (κ3) is 2.77. The van der Waals surface area contributed by atoms with E-state index in [2.05, 4.69) is 15.9 Å². The minimum atomic E-state index is -0.502. The quantitative estimate of drug-likeness (QED) is 0.783. The normalized spacial score (nSPS) is 12.1. The number of ether oxygens (including phenoxy) is 2. The molecule has 0 N–H and O–H groups in total. The predicted octanol–water partition coefficient (Wildman–Crippen LogP) is 3.30. The molecule has 1 atom stereocenters. The molecular formula is C12H14BrFO3. The van der Waals surface area contributed by atoms with Gasteiger partial charge in [-0.15, -0.1) is 0 Å². The van der Waals surface area contributed by atoms with Gasteiger partial charge < -0.3 is 14.3 Å². The molecule has 0 saturated heterocycles. The molecule has 0 heterocycles. The molecule has 0 aromatic heterocycles. The van der Waals surface area contributed by atoms with Gasteiger partial charge in [-0.25, -0.2) is 4.39 Å². The highest BCUT2D eigenvalue weighted by Crippen LogP contribution is 2.43. The van der Waals surface area contributed by atoms with Crippen LogP contribution in [0.5, 0.6) is 11.5 Å². The Balaban J connectivity index is 3.41. The molecule has 1 aromatic carbocycles. The summed E-state index contributed by atoms with van der Waals surface area (Å²) in [5.74, 6) is -0.193. The summed E-state index contributed by atoms with van der Waals surface area (Å²) in [4.78, 5) is 10.6. The van der Waals surface area contributed by atoms with Gasteiger partial charge in [-0.05, 0) is 12.0 Å². The molecule has 0 saturated carbocycles. The molecule has 94 valence electrons. The number of aldehydes is 1. The van der Waals surface area contributed by atoms with E-state index in [-0.39, 0.29) is 11.7 Å². The standard InChI is InChI=1S/C12H14BrFO3/c1-7(4-5-15)10-8(13)6-9(14)11(16-2)12(10)17-3/h5-7H,4H2,1-3H3. The molecule has 0 spiro atoms. The van der Waals surface area contributed by atoms with Crippen molar-refractivity contribution in [3.8, 4) is 11.5 Å². The summed E-state index contributed by atoms with van der Waals surface area (Å²) in [6, 6.07) is 1.32. The lowest BCUT2D eigenvalue weighted by Gasteiger charge is -2.18. The molecule has 1 rings (SSSR count).